The van der Waals surface area contributed by atoms with Crippen molar-refractivity contribution in [2.45, 2.75) is 38.5 Å². The number of amides is 1. The fourth-order valence-electron chi connectivity index (χ4n) is 3.35. The third-order valence-electron chi connectivity index (χ3n) is 5.19. The van der Waals surface area contributed by atoms with E-state index in [0.717, 1.165) is 43.5 Å². The number of likely N-dealkylation sites (tertiary alicyclic amines) is 1. The van der Waals surface area contributed by atoms with E-state index >= 15 is 0 Å². The van der Waals surface area contributed by atoms with Crippen LogP contribution < -0.4 is 10.6 Å². The van der Waals surface area contributed by atoms with Crippen LogP contribution in [0.5, 0.6) is 0 Å². The number of nitrogens with zero attached hydrogens (tertiary/aromatic N) is 2. The predicted octanol–water partition coefficient (Wildman–Crippen LogP) is 3.04. The van der Waals surface area contributed by atoms with Crippen LogP contribution in [0.4, 0.5) is 0 Å². The van der Waals surface area contributed by atoms with E-state index in [0.29, 0.717) is 12.3 Å². The van der Waals surface area contributed by atoms with E-state index in [4.69, 9.17) is 11.6 Å². The number of guanidine groups is 1. The lowest BCUT2D eigenvalue weighted by Crippen LogP contribution is -2.48. The van der Waals surface area contributed by atoms with Gasteiger partial charge in [0.1, 0.15) is 0 Å². The number of aliphatic imine (C=N–C) groups is 1. The van der Waals surface area contributed by atoms with Gasteiger partial charge in [0, 0.05) is 50.6 Å². The minimum Gasteiger partial charge on any atom is -0.359 e. The van der Waals surface area contributed by atoms with Crippen molar-refractivity contribution in [2.24, 2.45) is 10.9 Å². The molecule has 6 heteroatoms. The molecule has 1 aliphatic rings. The van der Waals surface area contributed by atoms with Crippen molar-refractivity contribution in [3.8, 4) is 0 Å². The van der Waals surface area contributed by atoms with E-state index in [1.165, 1.54) is 5.56 Å². The first kappa shape index (κ1) is 20.6. The molecule has 5 nitrogen and oxygen atoms in total. The number of carbonyl (C=O) groups is 1. The van der Waals surface area contributed by atoms with Crippen molar-refractivity contribution in [3.05, 3.63) is 34.9 Å². The molecule has 2 rings (SSSR count). The molecule has 1 amide bonds. The molecular formula is C20H31ClN4O. The lowest BCUT2D eigenvalue weighted by molar-refractivity contribution is -0.121. The van der Waals surface area contributed by atoms with E-state index in [1.807, 2.05) is 19.2 Å². The molecule has 1 aromatic carbocycles. The van der Waals surface area contributed by atoms with Crippen LogP contribution in [-0.4, -0.2) is 50.5 Å². The summed E-state index contributed by atoms with van der Waals surface area (Å²) in [5, 5.41) is 7.00. The highest BCUT2D eigenvalue weighted by molar-refractivity contribution is 6.30. The molecule has 0 aliphatic carbocycles. The average Bonchev–Trinajstić information content (AvgIpc) is 2.63. The first-order valence-electron chi connectivity index (χ1n) is 9.28. The Morgan fingerprint density at radius 1 is 1.27 bits per heavy atom. The van der Waals surface area contributed by atoms with Gasteiger partial charge in [0.25, 0.3) is 0 Å². The Balaban J connectivity index is 1.88. The van der Waals surface area contributed by atoms with E-state index in [9.17, 15) is 4.79 Å². The third-order valence-corrected chi connectivity index (χ3v) is 5.44. The van der Waals surface area contributed by atoms with Gasteiger partial charge in [-0.1, -0.05) is 37.6 Å². The van der Waals surface area contributed by atoms with Crippen LogP contribution in [0.25, 0.3) is 0 Å². The number of rotatable bonds is 5. The van der Waals surface area contributed by atoms with Crippen molar-refractivity contribution in [1.82, 2.24) is 15.5 Å². The zero-order valence-corrected chi connectivity index (χ0v) is 17.1. The number of nitrogens with one attached hydrogen (secondary N) is 2. The maximum atomic E-state index is 11.6. The van der Waals surface area contributed by atoms with Gasteiger partial charge in [0.05, 0.1) is 0 Å². The first-order chi connectivity index (χ1) is 12.4. The highest BCUT2D eigenvalue weighted by Crippen LogP contribution is 2.24. The molecule has 1 fully saturated rings. The van der Waals surface area contributed by atoms with Crippen LogP contribution in [0, 0.1) is 5.92 Å². The molecule has 1 saturated heterocycles. The largest absolute Gasteiger partial charge is 0.359 e. The Morgan fingerprint density at radius 2 is 1.88 bits per heavy atom. The van der Waals surface area contributed by atoms with Crippen LogP contribution in [0.15, 0.2) is 29.3 Å². The van der Waals surface area contributed by atoms with Gasteiger partial charge in [-0.15, -0.1) is 0 Å². The number of halogens is 1. The molecule has 144 valence electrons. The van der Waals surface area contributed by atoms with Gasteiger partial charge in [-0.3, -0.25) is 9.79 Å². The monoisotopic (exact) mass is 378 g/mol. The molecule has 26 heavy (non-hydrogen) atoms. The van der Waals surface area contributed by atoms with Crippen molar-refractivity contribution in [1.29, 1.82) is 0 Å². The number of piperidine rings is 1. The van der Waals surface area contributed by atoms with Gasteiger partial charge in [0.2, 0.25) is 5.91 Å². The molecule has 0 bridgehead atoms. The highest BCUT2D eigenvalue weighted by atomic mass is 35.5. The lowest BCUT2D eigenvalue weighted by Gasteiger charge is -2.35. The normalized spacial score (nSPS) is 16.5. The Kier molecular flexibility index (Phi) is 7.33. The molecular weight excluding hydrogens is 348 g/mol. The van der Waals surface area contributed by atoms with Crippen LogP contribution in [0.2, 0.25) is 5.02 Å². The Labute approximate surface area is 162 Å². The molecule has 1 aromatic rings. The zero-order valence-electron chi connectivity index (χ0n) is 16.3. The molecule has 0 aromatic heterocycles. The molecule has 0 saturated carbocycles. The summed E-state index contributed by atoms with van der Waals surface area (Å²) in [7, 11) is 3.53. The molecule has 1 heterocycles. The summed E-state index contributed by atoms with van der Waals surface area (Å²) in [6.45, 7) is 7.09. The average molecular weight is 379 g/mol. The van der Waals surface area contributed by atoms with Crippen LogP contribution in [-0.2, 0) is 10.2 Å². The second-order valence-corrected chi connectivity index (χ2v) is 8.04. The van der Waals surface area contributed by atoms with Crippen molar-refractivity contribution in [3.63, 3.8) is 0 Å². The smallest absolute Gasteiger partial charge is 0.220 e. The highest BCUT2D eigenvalue weighted by Gasteiger charge is 2.25. The summed E-state index contributed by atoms with van der Waals surface area (Å²) in [5.74, 6) is 1.54. The molecule has 0 spiro atoms. The summed E-state index contributed by atoms with van der Waals surface area (Å²) >= 11 is 6.00. The topological polar surface area (TPSA) is 56.7 Å². The maximum absolute atomic E-state index is 11.6. The molecule has 2 N–H and O–H groups in total. The quantitative estimate of drug-likeness (QED) is 0.611. The summed E-state index contributed by atoms with van der Waals surface area (Å²) < 4.78 is 0. The fraction of sp³-hybridized carbons (Fsp3) is 0.600. The Bertz CT molecular complexity index is 619. The molecule has 0 atom stereocenters. The minimum absolute atomic E-state index is 0.0297. The van der Waals surface area contributed by atoms with Crippen LogP contribution >= 0.6 is 11.6 Å². The van der Waals surface area contributed by atoms with E-state index in [2.05, 4.69) is 46.5 Å². The molecule has 1 aliphatic heterocycles. The second-order valence-electron chi connectivity index (χ2n) is 7.60. The maximum Gasteiger partial charge on any atom is 0.220 e. The number of carbonyl (C=O) groups excluding carboxylic acids is 1. The zero-order chi connectivity index (χ0) is 19.2. The van der Waals surface area contributed by atoms with Gasteiger partial charge in [-0.2, -0.15) is 0 Å². The third kappa shape index (κ3) is 5.63. The van der Waals surface area contributed by atoms with Crippen molar-refractivity contribution < 1.29 is 4.79 Å². The van der Waals surface area contributed by atoms with Crippen LogP contribution in [0.1, 0.15) is 38.7 Å². The van der Waals surface area contributed by atoms with Gasteiger partial charge in [0.15, 0.2) is 5.96 Å². The van der Waals surface area contributed by atoms with Crippen molar-refractivity contribution in [2.75, 3.05) is 33.7 Å². The fourth-order valence-corrected chi connectivity index (χ4v) is 3.47. The summed E-state index contributed by atoms with van der Waals surface area (Å²) in [5.41, 5.74) is 1.21. The summed E-state index contributed by atoms with van der Waals surface area (Å²) in [6, 6.07) is 8.03. The van der Waals surface area contributed by atoms with Gasteiger partial charge in [-0.25, -0.2) is 0 Å². The SMILES string of the molecule is CN=C(NCC(C)(C)c1ccc(Cl)cc1)N1CCC(CC(=O)NC)CC1. The number of benzene rings is 1. The van der Waals surface area contributed by atoms with Gasteiger partial charge in [-0.05, 0) is 36.5 Å². The minimum atomic E-state index is -0.0297. The van der Waals surface area contributed by atoms with Gasteiger partial charge < -0.3 is 15.5 Å². The van der Waals surface area contributed by atoms with E-state index < -0.39 is 0 Å². The van der Waals surface area contributed by atoms with Crippen LogP contribution in [0.3, 0.4) is 0 Å². The predicted molar refractivity (Wildman–Crippen MR) is 109 cm³/mol. The standard InChI is InChI=1S/C20H31ClN4O/c1-20(2,16-5-7-17(21)8-6-16)14-24-19(23-4)25-11-9-15(10-12-25)13-18(26)22-3/h5-8,15H,9-14H2,1-4H3,(H,22,26)(H,23,24). The van der Waals surface area contributed by atoms with E-state index in [1.54, 1.807) is 7.05 Å². The number of hydrogen-bond acceptors (Lipinski definition) is 2. The molecule has 0 unspecified atom stereocenters. The molecule has 0 radical (unpaired) electrons. The first-order valence-corrected chi connectivity index (χ1v) is 9.65. The number of hydrogen-bond donors (Lipinski definition) is 2. The second kappa shape index (κ2) is 9.26. The van der Waals surface area contributed by atoms with Crippen molar-refractivity contribution >= 4 is 23.5 Å². The lowest BCUT2D eigenvalue weighted by atomic mass is 9.84. The summed E-state index contributed by atoms with van der Waals surface area (Å²) in [6.07, 6.45) is 2.67. The van der Waals surface area contributed by atoms with Gasteiger partial charge >= 0.3 is 0 Å². The summed E-state index contributed by atoms with van der Waals surface area (Å²) in [4.78, 5) is 18.3. The van der Waals surface area contributed by atoms with E-state index in [-0.39, 0.29) is 11.3 Å². The Hall–Kier alpha value is -1.75. The Morgan fingerprint density at radius 3 is 2.42 bits per heavy atom.